The van der Waals surface area contributed by atoms with Crippen LogP contribution in [0, 0.1) is 17.3 Å². The molecule has 1 N–H and O–H groups in total. The molecule has 0 saturated carbocycles. The molecule has 1 atom stereocenters. The summed E-state index contributed by atoms with van der Waals surface area (Å²) in [6, 6.07) is 4.17. The zero-order chi connectivity index (χ0) is 13.8. The van der Waals surface area contributed by atoms with Gasteiger partial charge in [0, 0.05) is 11.4 Å². The van der Waals surface area contributed by atoms with Crippen LogP contribution in [0.1, 0.15) is 39.5 Å². The minimum atomic E-state index is 0.295. The first-order valence-corrected chi connectivity index (χ1v) is 7.98. The Morgan fingerprint density at radius 3 is 2.39 bits per heavy atom. The largest absolute Gasteiger partial charge is 0.316 e. The Kier molecular flexibility index (Phi) is 6.16. The first-order chi connectivity index (χ1) is 8.33. The van der Waals surface area contributed by atoms with Gasteiger partial charge >= 0.3 is 0 Å². The first kappa shape index (κ1) is 16.0. The molecule has 18 heavy (non-hydrogen) atoms. The second-order valence-corrected chi connectivity index (χ2v) is 8.02. The van der Waals surface area contributed by atoms with E-state index in [1.54, 1.807) is 11.3 Å². The number of hydrogen-bond donors (Lipinski definition) is 1. The van der Waals surface area contributed by atoms with Crippen LogP contribution in [0.15, 0.2) is 12.1 Å². The van der Waals surface area contributed by atoms with Gasteiger partial charge in [-0.3, -0.25) is 0 Å². The van der Waals surface area contributed by atoms with Crippen LogP contribution < -0.4 is 5.32 Å². The van der Waals surface area contributed by atoms with E-state index < -0.39 is 0 Å². The minimum absolute atomic E-state index is 0.295. The molecule has 0 amide bonds. The third-order valence-electron chi connectivity index (χ3n) is 3.68. The summed E-state index contributed by atoms with van der Waals surface area (Å²) in [6.07, 6.45) is 1.10. The molecule has 1 heterocycles. The van der Waals surface area contributed by atoms with Gasteiger partial charge in [-0.05, 0) is 42.3 Å². The average Bonchev–Trinajstić information content (AvgIpc) is 2.62. The average molecular weight is 288 g/mol. The third-order valence-corrected chi connectivity index (χ3v) is 4.91. The van der Waals surface area contributed by atoms with Crippen molar-refractivity contribution in [3.05, 3.63) is 21.3 Å². The van der Waals surface area contributed by atoms with Gasteiger partial charge in [0.2, 0.25) is 0 Å². The predicted molar refractivity (Wildman–Crippen MR) is 83.7 cm³/mol. The fourth-order valence-electron chi connectivity index (χ4n) is 1.96. The summed E-state index contributed by atoms with van der Waals surface area (Å²) >= 11 is 7.73. The van der Waals surface area contributed by atoms with Crippen LogP contribution >= 0.6 is 22.9 Å². The molecule has 0 aliphatic rings. The highest BCUT2D eigenvalue weighted by Crippen LogP contribution is 2.34. The van der Waals surface area contributed by atoms with Gasteiger partial charge in [0.15, 0.2) is 0 Å². The van der Waals surface area contributed by atoms with E-state index in [9.17, 15) is 0 Å². The maximum Gasteiger partial charge on any atom is 0.0931 e. The molecule has 0 radical (unpaired) electrons. The Bertz CT molecular complexity index is 359. The molecule has 1 aromatic rings. The van der Waals surface area contributed by atoms with Crippen molar-refractivity contribution in [2.24, 2.45) is 17.3 Å². The van der Waals surface area contributed by atoms with E-state index in [-0.39, 0.29) is 0 Å². The van der Waals surface area contributed by atoms with E-state index in [0.717, 1.165) is 23.8 Å². The van der Waals surface area contributed by atoms with Gasteiger partial charge < -0.3 is 5.32 Å². The Balaban J connectivity index is 2.62. The molecule has 0 bridgehead atoms. The molecule has 3 heteroatoms. The van der Waals surface area contributed by atoms with Gasteiger partial charge in [0.25, 0.3) is 0 Å². The van der Waals surface area contributed by atoms with E-state index in [1.165, 1.54) is 4.88 Å². The molecule has 1 aromatic heterocycles. The number of rotatable bonds is 7. The minimum Gasteiger partial charge on any atom is -0.316 e. The number of hydrogen-bond acceptors (Lipinski definition) is 2. The van der Waals surface area contributed by atoms with Crippen LogP contribution in [0.4, 0.5) is 0 Å². The summed E-state index contributed by atoms with van der Waals surface area (Å²) in [4.78, 5) is 1.39. The monoisotopic (exact) mass is 287 g/mol. The highest BCUT2D eigenvalue weighted by atomic mass is 35.5. The Morgan fingerprint density at radius 1 is 1.28 bits per heavy atom. The van der Waals surface area contributed by atoms with Gasteiger partial charge in [0.1, 0.15) is 0 Å². The Hall–Kier alpha value is -0.0500. The molecule has 0 spiro atoms. The van der Waals surface area contributed by atoms with Crippen LogP contribution in [0.3, 0.4) is 0 Å². The summed E-state index contributed by atoms with van der Waals surface area (Å²) in [7, 11) is 0. The van der Waals surface area contributed by atoms with Crippen LogP contribution in [0.5, 0.6) is 0 Å². The van der Waals surface area contributed by atoms with Crippen molar-refractivity contribution in [3.63, 3.8) is 0 Å². The first-order valence-electron chi connectivity index (χ1n) is 6.78. The van der Waals surface area contributed by atoms with Gasteiger partial charge in [0.05, 0.1) is 4.34 Å². The topological polar surface area (TPSA) is 12.0 Å². The lowest BCUT2D eigenvalue weighted by molar-refractivity contribution is 0.206. The maximum atomic E-state index is 6.02. The fraction of sp³-hybridized carbons (Fsp3) is 0.733. The Morgan fingerprint density at radius 2 is 1.94 bits per heavy atom. The molecule has 104 valence electrons. The third kappa shape index (κ3) is 4.91. The zero-order valence-corrected chi connectivity index (χ0v) is 13.8. The molecule has 1 unspecified atom stereocenters. The van der Waals surface area contributed by atoms with Crippen molar-refractivity contribution in [1.82, 2.24) is 5.32 Å². The van der Waals surface area contributed by atoms with Gasteiger partial charge in [-0.2, -0.15) is 0 Å². The van der Waals surface area contributed by atoms with Crippen molar-refractivity contribution < 1.29 is 0 Å². The Labute approximate surface area is 121 Å². The van der Waals surface area contributed by atoms with E-state index in [0.29, 0.717) is 17.3 Å². The second kappa shape index (κ2) is 6.93. The molecule has 0 aromatic carbocycles. The predicted octanol–water partition coefficient (Wildman–Crippen LogP) is 4.85. The lowest BCUT2D eigenvalue weighted by Gasteiger charge is -2.34. The van der Waals surface area contributed by atoms with Crippen LogP contribution in [0.25, 0.3) is 0 Å². The van der Waals surface area contributed by atoms with Crippen LogP contribution in [0.2, 0.25) is 4.34 Å². The van der Waals surface area contributed by atoms with E-state index in [1.807, 2.05) is 6.07 Å². The van der Waals surface area contributed by atoms with Crippen molar-refractivity contribution in [3.8, 4) is 0 Å². The molecule has 0 aliphatic carbocycles. The fourth-order valence-corrected chi connectivity index (χ4v) is 3.25. The molecular formula is C15H26ClNS. The van der Waals surface area contributed by atoms with Gasteiger partial charge in [-0.15, -0.1) is 11.3 Å². The van der Waals surface area contributed by atoms with Crippen molar-refractivity contribution in [2.45, 2.75) is 41.0 Å². The summed E-state index contributed by atoms with van der Waals surface area (Å²) in [5.41, 5.74) is 0.295. The molecule has 0 fully saturated rings. The molecule has 0 saturated heterocycles. The lowest BCUT2D eigenvalue weighted by atomic mass is 9.76. The zero-order valence-electron chi connectivity index (χ0n) is 12.2. The van der Waals surface area contributed by atoms with Crippen molar-refractivity contribution in [2.75, 3.05) is 13.1 Å². The van der Waals surface area contributed by atoms with E-state index in [4.69, 9.17) is 11.6 Å². The lowest BCUT2D eigenvalue weighted by Crippen LogP contribution is -2.39. The summed E-state index contributed by atoms with van der Waals surface area (Å²) < 4.78 is 0.895. The van der Waals surface area contributed by atoms with E-state index in [2.05, 4.69) is 46.0 Å². The SMILES string of the molecule is CC(C)CNCC(C)(Cc1ccc(Cl)s1)C(C)C. The number of halogens is 1. The normalized spacial score (nSPS) is 15.3. The van der Waals surface area contributed by atoms with Crippen LogP contribution in [-0.2, 0) is 6.42 Å². The molecule has 0 aliphatic heterocycles. The van der Waals surface area contributed by atoms with E-state index >= 15 is 0 Å². The standard InChI is InChI=1S/C15H26ClNS/c1-11(2)9-17-10-15(5,12(3)4)8-13-6-7-14(16)18-13/h6-7,11-12,17H,8-10H2,1-5H3. The quantitative estimate of drug-likeness (QED) is 0.756. The molecular weight excluding hydrogens is 262 g/mol. The summed E-state index contributed by atoms with van der Waals surface area (Å²) in [6.45, 7) is 13.7. The molecule has 1 rings (SSSR count). The van der Waals surface area contributed by atoms with Crippen LogP contribution in [-0.4, -0.2) is 13.1 Å². The summed E-state index contributed by atoms with van der Waals surface area (Å²) in [5.74, 6) is 1.36. The highest BCUT2D eigenvalue weighted by Gasteiger charge is 2.28. The van der Waals surface area contributed by atoms with Crippen molar-refractivity contribution >= 4 is 22.9 Å². The van der Waals surface area contributed by atoms with Gasteiger partial charge in [-0.25, -0.2) is 0 Å². The van der Waals surface area contributed by atoms with Gasteiger partial charge in [-0.1, -0.05) is 46.2 Å². The maximum absolute atomic E-state index is 6.02. The molecule has 1 nitrogen and oxygen atoms in total. The second-order valence-electron chi connectivity index (χ2n) is 6.22. The number of thiophene rings is 1. The highest BCUT2D eigenvalue weighted by molar-refractivity contribution is 7.16. The van der Waals surface area contributed by atoms with Crippen molar-refractivity contribution in [1.29, 1.82) is 0 Å². The smallest absolute Gasteiger partial charge is 0.0931 e. The summed E-state index contributed by atoms with van der Waals surface area (Å²) in [5, 5.41) is 3.61. The number of nitrogens with one attached hydrogen (secondary N) is 1.